The van der Waals surface area contributed by atoms with Crippen molar-refractivity contribution in [2.45, 2.75) is 0 Å². The summed E-state index contributed by atoms with van der Waals surface area (Å²) in [5, 5.41) is 0. The van der Waals surface area contributed by atoms with Crippen molar-refractivity contribution in [1.82, 2.24) is 0 Å². The van der Waals surface area contributed by atoms with Crippen LogP contribution < -0.4 is 0 Å². The molecule has 4 heteroatoms. The van der Waals surface area contributed by atoms with Gasteiger partial charge in [-0.2, -0.15) is 0 Å². The van der Waals surface area contributed by atoms with Crippen LogP contribution in [-0.4, -0.2) is 53.0 Å². The molecule has 0 atom stereocenters. The van der Waals surface area contributed by atoms with Crippen LogP contribution in [0.3, 0.4) is 0 Å². The SMILES string of the molecule is C=NCCOCCOCCN=C. The van der Waals surface area contributed by atoms with Crippen molar-refractivity contribution >= 4 is 13.4 Å². The number of hydrogen-bond donors (Lipinski definition) is 0. The van der Waals surface area contributed by atoms with Crippen LogP contribution in [0.4, 0.5) is 0 Å². The second-order valence-electron chi connectivity index (χ2n) is 2.12. The number of ether oxygens (including phenoxy) is 2. The lowest BCUT2D eigenvalue weighted by Crippen LogP contribution is -2.08. The molecular formula is C8H16N2O2. The van der Waals surface area contributed by atoms with Crippen LogP contribution in [0.5, 0.6) is 0 Å². The van der Waals surface area contributed by atoms with E-state index in [0.717, 1.165) is 0 Å². The summed E-state index contributed by atoms with van der Waals surface area (Å²) in [5.41, 5.74) is 0. The number of aliphatic imine (C=N–C) groups is 2. The minimum absolute atomic E-state index is 0.604. The molecule has 0 saturated heterocycles. The van der Waals surface area contributed by atoms with Gasteiger partial charge in [-0.05, 0) is 13.4 Å². The normalized spacial score (nSPS) is 9.67. The smallest absolute Gasteiger partial charge is 0.0701 e. The van der Waals surface area contributed by atoms with E-state index in [4.69, 9.17) is 9.47 Å². The van der Waals surface area contributed by atoms with Gasteiger partial charge in [-0.15, -0.1) is 0 Å². The third-order valence-electron chi connectivity index (χ3n) is 1.16. The van der Waals surface area contributed by atoms with Crippen molar-refractivity contribution in [3.63, 3.8) is 0 Å². The fraction of sp³-hybridized carbons (Fsp3) is 0.750. The van der Waals surface area contributed by atoms with Crippen molar-refractivity contribution in [1.29, 1.82) is 0 Å². The Bertz CT molecular complexity index is 104. The molecule has 4 nitrogen and oxygen atoms in total. The maximum Gasteiger partial charge on any atom is 0.0701 e. The highest BCUT2D eigenvalue weighted by Gasteiger charge is 1.87. The van der Waals surface area contributed by atoms with Crippen LogP contribution in [0.15, 0.2) is 9.98 Å². The molecule has 0 fully saturated rings. The molecule has 0 spiro atoms. The van der Waals surface area contributed by atoms with Gasteiger partial charge in [-0.25, -0.2) is 0 Å². The molecule has 0 aromatic carbocycles. The fourth-order valence-electron chi connectivity index (χ4n) is 0.580. The van der Waals surface area contributed by atoms with Gasteiger partial charge in [-0.1, -0.05) is 0 Å². The van der Waals surface area contributed by atoms with Crippen molar-refractivity contribution < 1.29 is 9.47 Å². The third kappa shape index (κ3) is 9.26. The number of hydrogen-bond acceptors (Lipinski definition) is 4. The van der Waals surface area contributed by atoms with Gasteiger partial charge in [0.15, 0.2) is 0 Å². The summed E-state index contributed by atoms with van der Waals surface area (Å²) in [5.74, 6) is 0. The summed E-state index contributed by atoms with van der Waals surface area (Å²) >= 11 is 0. The van der Waals surface area contributed by atoms with E-state index in [9.17, 15) is 0 Å². The first-order chi connectivity index (χ1) is 5.91. The summed E-state index contributed by atoms with van der Waals surface area (Å²) in [6.45, 7) is 10.4. The first-order valence-electron chi connectivity index (χ1n) is 3.92. The van der Waals surface area contributed by atoms with Gasteiger partial charge in [0, 0.05) is 0 Å². The van der Waals surface area contributed by atoms with Crippen molar-refractivity contribution in [3.8, 4) is 0 Å². The Labute approximate surface area is 73.3 Å². The van der Waals surface area contributed by atoms with Crippen LogP contribution in [0.1, 0.15) is 0 Å². The van der Waals surface area contributed by atoms with Gasteiger partial charge in [0.1, 0.15) is 0 Å². The fourth-order valence-corrected chi connectivity index (χ4v) is 0.580. The Kier molecular flexibility index (Phi) is 9.63. The zero-order valence-electron chi connectivity index (χ0n) is 7.37. The minimum Gasteiger partial charge on any atom is -0.377 e. The Morgan fingerprint density at radius 1 is 0.750 bits per heavy atom. The molecule has 0 aromatic heterocycles. The third-order valence-corrected chi connectivity index (χ3v) is 1.16. The van der Waals surface area contributed by atoms with Gasteiger partial charge in [0.25, 0.3) is 0 Å². The molecule has 0 radical (unpaired) electrons. The zero-order chi connectivity index (χ0) is 9.07. The van der Waals surface area contributed by atoms with Crippen molar-refractivity contribution in [2.24, 2.45) is 9.98 Å². The molecule has 70 valence electrons. The lowest BCUT2D eigenvalue weighted by Gasteiger charge is -2.02. The van der Waals surface area contributed by atoms with Crippen LogP contribution in [0.2, 0.25) is 0 Å². The van der Waals surface area contributed by atoms with Crippen LogP contribution >= 0.6 is 0 Å². The largest absolute Gasteiger partial charge is 0.377 e. The molecule has 0 unspecified atom stereocenters. The molecule has 0 N–H and O–H groups in total. The van der Waals surface area contributed by atoms with E-state index in [2.05, 4.69) is 23.4 Å². The Hall–Kier alpha value is -0.740. The van der Waals surface area contributed by atoms with Crippen LogP contribution in [-0.2, 0) is 9.47 Å². The molecule has 0 bridgehead atoms. The summed E-state index contributed by atoms with van der Waals surface area (Å²) in [4.78, 5) is 7.29. The summed E-state index contributed by atoms with van der Waals surface area (Å²) in [6, 6.07) is 0. The highest BCUT2D eigenvalue weighted by Crippen LogP contribution is 1.79. The quantitative estimate of drug-likeness (QED) is 0.373. The molecule has 0 amide bonds. The molecular weight excluding hydrogens is 156 g/mol. The van der Waals surface area contributed by atoms with E-state index in [1.54, 1.807) is 0 Å². The molecule has 0 saturated carbocycles. The summed E-state index contributed by atoms with van der Waals surface area (Å²) < 4.78 is 10.3. The first-order valence-corrected chi connectivity index (χ1v) is 3.92. The van der Waals surface area contributed by atoms with Crippen LogP contribution in [0.25, 0.3) is 0 Å². The Morgan fingerprint density at radius 2 is 1.17 bits per heavy atom. The standard InChI is InChI=1S/C8H16N2O2/c1-9-3-5-11-7-8-12-6-4-10-2/h1-8H2. The maximum atomic E-state index is 5.15. The molecule has 0 heterocycles. The molecule has 0 aliphatic rings. The summed E-state index contributed by atoms with van der Waals surface area (Å²) in [7, 11) is 0. The predicted octanol–water partition coefficient (Wildman–Crippen LogP) is 0.421. The van der Waals surface area contributed by atoms with E-state index in [0.29, 0.717) is 39.5 Å². The first kappa shape index (κ1) is 11.3. The average molecular weight is 172 g/mol. The monoisotopic (exact) mass is 172 g/mol. The molecule has 0 aromatic rings. The highest BCUT2D eigenvalue weighted by atomic mass is 16.5. The van der Waals surface area contributed by atoms with Gasteiger partial charge >= 0.3 is 0 Å². The maximum absolute atomic E-state index is 5.15. The second kappa shape index (κ2) is 10.3. The lowest BCUT2D eigenvalue weighted by molar-refractivity contribution is 0.0542. The Balaban J connectivity index is 2.81. The molecule has 12 heavy (non-hydrogen) atoms. The number of rotatable bonds is 9. The predicted molar refractivity (Wildman–Crippen MR) is 50.5 cm³/mol. The van der Waals surface area contributed by atoms with Gasteiger partial charge < -0.3 is 9.47 Å². The molecule has 0 aliphatic carbocycles. The van der Waals surface area contributed by atoms with E-state index < -0.39 is 0 Å². The zero-order valence-corrected chi connectivity index (χ0v) is 7.37. The van der Waals surface area contributed by atoms with Crippen molar-refractivity contribution in [2.75, 3.05) is 39.5 Å². The number of nitrogens with zero attached hydrogens (tertiary/aromatic N) is 2. The van der Waals surface area contributed by atoms with Gasteiger partial charge in [0.2, 0.25) is 0 Å². The van der Waals surface area contributed by atoms with E-state index in [1.165, 1.54) is 0 Å². The van der Waals surface area contributed by atoms with Gasteiger partial charge in [-0.3, -0.25) is 9.98 Å². The molecule has 0 aliphatic heterocycles. The topological polar surface area (TPSA) is 43.2 Å². The second-order valence-corrected chi connectivity index (χ2v) is 2.12. The van der Waals surface area contributed by atoms with E-state index in [-0.39, 0.29) is 0 Å². The lowest BCUT2D eigenvalue weighted by atomic mass is 10.7. The van der Waals surface area contributed by atoms with Gasteiger partial charge in [0.05, 0.1) is 39.5 Å². The highest BCUT2D eigenvalue weighted by molar-refractivity contribution is 5.23. The Morgan fingerprint density at radius 3 is 1.50 bits per heavy atom. The van der Waals surface area contributed by atoms with Crippen LogP contribution in [0, 0.1) is 0 Å². The average Bonchev–Trinajstić information content (AvgIpc) is 2.10. The van der Waals surface area contributed by atoms with E-state index in [1.807, 2.05) is 0 Å². The molecule has 0 rings (SSSR count). The summed E-state index contributed by atoms with van der Waals surface area (Å²) in [6.07, 6.45) is 0. The minimum atomic E-state index is 0.604. The van der Waals surface area contributed by atoms with Crippen molar-refractivity contribution in [3.05, 3.63) is 0 Å². The van der Waals surface area contributed by atoms with E-state index >= 15 is 0 Å².